The Hall–Kier alpha value is -2.24. The first-order chi connectivity index (χ1) is 8.45. The molecule has 0 aliphatic carbocycles. The summed E-state index contributed by atoms with van der Waals surface area (Å²) in [6.07, 6.45) is 0. The molecule has 1 aromatic rings. The van der Waals surface area contributed by atoms with Crippen molar-refractivity contribution in [1.29, 1.82) is 0 Å². The van der Waals surface area contributed by atoms with Crippen molar-refractivity contribution in [1.82, 2.24) is 5.32 Å². The van der Waals surface area contributed by atoms with Crippen LogP contribution in [0.15, 0.2) is 18.2 Å². The van der Waals surface area contributed by atoms with E-state index >= 15 is 0 Å². The van der Waals surface area contributed by atoms with Crippen molar-refractivity contribution in [3.05, 3.63) is 23.8 Å². The molecule has 1 rings (SSSR count). The highest BCUT2D eigenvalue weighted by molar-refractivity contribution is 5.95. The van der Waals surface area contributed by atoms with Gasteiger partial charge in [-0.25, -0.2) is 0 Å². The molecule has 1 aromatic carbocycles. The van der Waals surface area contributed by atoms with Crippen molar-refractivity contribution in [3.8, 4) is 11.5 Å². The molecule has 0 spiro atoms. The Morgan fingerprint density at radius 1 is 1.44 bits per heavy atom. The zero-order valence-corrected chi connectivity index (χ0v) is 10.1. The van der Waals surface area contributed by atoms with Crippen molar-refractivity contribution in [2.24, 2.45) is 5.92 Å². The minimum absolute atomic E-state index is 0.0287. The van der Waals surface area contributed by atoms with Gasteiger partial charge >= 0.3 is 5.97 Å². The van der Waals surface area contributed by atoms with Gasteiger partial charge in [0.25, 0.3) is 5.91 Å². The molecule has 98 valence electrons. The van der Waals surface area contributed by atoms with E-state index in [4.69, 9.17) is 9.84 Å². The lowest BCUT2D eigenvalue weighted by Gasteiger charge is -2.09. The van der Waals surface area contributed by atoms with E-state index in [0.717, 1.165) is 0 Å². The molecule has 0 aromatic heterocycles. The number of nitrogens with one attached hydrogen (secondary N) is 1. The average molecular weight is 253 g/mol. The minimum atomic E-state index is -0.979. The van der Waals surface area contributed by atoms with Gasteiger partial charge in [0.15, 0.2) is 11.5 Å². The molecule has 1 unspecified atom stereocenters. The van der Waals surface area contributed by atoms with Crippen molar-refractivity contribution in [2.45, 2.75) is 6.92 Å². The second kappa shape index (κ2) is 5.90. The Kier molecular flexibility index (Phi) is 4.53. The summed E-state index contributed by atoms with van der Waals surface area (Å²) in [5.74, 6) is -1.96. The predicted octanol–water partition coefficient (Wildman–Crippen LogP) is 0.851. The van der Waals surface area contributed by atoms with Crippen molar-refractivity contribution >= 4 is 11.9 Å². The predicted molar refractivity (Wildman–Crippen MR) is 63.8 cm³/mol. The molecular formula is C12H15NO5. The number of ether oxygens (including phenoxy) is 1. The number of carbonyl (C=O) groups is 2. The number of hydrogen-bond acceptors (Lipinski definition) is 4. The molecule has 1 atom stereocenters. The molecule has 6 heteroatoms. The van der Waals surface area contributed by atoms with Crippen LogP contribution in [-0.4, -0.2) is 35.7 Å². The van der Waals surface area contributed by atoms with Gasteiger partial charge in [-0.1, -0.05) is 6.92 Å². The van der Waals surface area contributed by atoms with E-state index in [1.165, 1.54) is 32.2 Å². The first-order valence-corrected chi connectivity index (χ1v) is 5.33. The number of phenols is 1. The smallest absolute Gasteiger partial charge is 0.308 e. The Labute approximate surface area is 104 Å². The number of carboxylic acid groups (broad SMARTS) is 1. The molecule has 0 aliphatic rings. The minimum Gasteiger partial charge on any atom is -0.504 e. The van der Waals surface area contributed by atoms with Gasteiger partial charge in [-0.2, -0.15) is 0 Å². The maximum Gasteiger partial charge on any atom is 0.308 e. The summed E-state index contributed by atoms with van der Waals surface area (Å²) in [4.78, 5) is 22.2. The van der Waals surface area contributed by atoms with Crippen LogP contribution in [0, 0.1) is 5.92 Å². The Morgan fingerprint density at radius 3 is 2.61 bits per heavy atom. The van der Waals surface area contributed by atoms with Crippen molar-refractivity contribution in [2.75, 3.05) is 13.7 Å². The quantitative estimate of drug-likeness (QED) is 0.723. The van der Waals surface area contributed by atoms with Gasteiger partial charge in [-0.3, -0.25) is 9.59 Å². The van der Waals surface area contributed by atoms with Crippen LogP contribution in [0.1, 0.15) is 17.3 Å². The fourth-order valence-electron chi connectivity index (χ4n) is 1.27. The van der Waals surface area contributed by atoms with Crippen LogP contribution >= 0.6 is 0 Å². The largest absolute Gasteiger partial charge is 0.504 e. The van der Waals surface area contributed by atoms with Gasteiger partial charge < -0.3 is 20.3 Å². The number of hydrogen-bond donors (Lipinski definition) is 3. The number of phenolic OH excluding ortho intramolecular Hbond substituents is 1. The third-order valence-corrected chi connectivity index (χ3v) is 2.43. The van der Waals surface area contributed by atoms with Crippen LogP contribution in [0.25, 0.3) is 0 Å². The average Bonchev–Trinajstić information content (AvgIpc) is 2.35. The molecular weight excluding hydrogens is 238 g/mol. The summed E-state index contributed by atoms with van der Waals surface area (Å²) < 4.78 is 4.85. The first kappa shape index (κ1) is 13.8. The number of aromatic hydroxyl groups is 1. The maximum absolute atomic E-state index is 11.7. The summed E-state index contributed by atoms with van der Waals surface area (Å²) >= 11 is 0. The van der Waals surface area contributed by atoms with E-state index in [0.29, 0.717) is 0 Å². The van der Waals surface area contributed by atoms with Crippen molar-refractivity contribution < 1.29 is 24.5 Å². The zero-order valence-electron chi connectivity index (χ0n) is 10.1. The summed E-state index contributed by atoms with van der Waals surface area (Å²) in [7, 11) is 1.41. The summed E-state index contributed by atoms with van der Waals surface area (Å²) in [6.45, 7) is 1.52. The van der Waals surface area contributed by atoms with Gasteiger partial charge in [0.2, 0.25) is 0 Å². The Morgan fingerprint density at radius 2 is 2.11 bits per heavy atom. The van der Waals surface area contributed by atoms with Gasteiger partial charge in [0, 0.05) is 12.1 Å². The lowest BCUT2D eigenvalue weighted by Crippen LogP contribution is -2.31. The molecule has 0 heterocycles. The number of amides is 1. The Balaban J connectivity index is 2.67. The van der Waals surface area contributed by atoms with E-state index in [2.05, 4.69) is 5.32 Å². The molecule has 0 saturated carbocycles. The van der Waals surface area contributed by atoms with Gasteiger partial charge in [-0.05, 0) is 18.2 Å². The van der Waals surface area contributed by atoms with E-state index < -0.39 is 17.8 Å². The number of aliphatic carboxylic acids is 1. The second-order valence-corrected chi connectivity index (χ2v) is 3.84. The van der Waals surface area contributed by atoms with Crippen molar-refractivity contribution in [3.63, 3.8) is 0 Å². The van der Waals surface area contributed by atoms with Crippen LogP contribution in [-0.2, 0) is 4.79 Å². The van der Waals surface area contributed by atoms with E-state index in [-0.39, 0.29) is 23.6 Å². The summed E-state index contributed by atoms with van der Waals surface area (Å²) in [5.41, 5.74) is 0.242. The number of benzene rings is 1. The second-order valence-electron chi connectivity index (χ2n) is 3.84. The molecule has 0 aliphatic heterocycles. The highest BCUT2D eigenvalue weighted by Crippen LogP contribution is 2.26. The molecule has 6 nitrogen and oxygen atoms in total. The lowest BCUT2D eigenvalue weighted by molar-refractivity contribution is -0.140. The molecule has 18 heavy (non-hydrogen) atoms. The first-order valence-electron chi connectivity index (χ1n) is 5.33. The molecule has 0 radical (unpaired) electrons. The molecule has 1 amide bonds. The van der Waals surface area contributed by atoms with E-state index in [1.807, 2.05) is 0 Å². The monoisotopic (exact) mass is 253 g/mol. The summed E-state index contributed by atoms with van der Waals surface area (Å²) in [5, 5.41) is 20.6. The number of carbonyl (C=O) groups excluding carboxylic acids is 1. The van der Waals surface area contributed by atoms with Crippen LogP contribution in [0.2, 0.25) is 0 Å². The van der Waals surface area contributed by atoms with Gasteiger partial charge in [0.05, 0.1) is 13.0 Å². The molecule has 3 N–H and O–H groups in total. The maximum atomic E-state index is 11.7. The third-order valence-electron chi connectivity index (χ3n) is 2.43. The SMILES string of the molecule is COc1ccc(C(=O)NCC(C)C(=O)O)cc1O. The fraction of sp³-hybridized carbons (Fsp3) is 0.333. The van der Waals surface area contributed by atoms with Gasteiger partial charge in [-0.15, -0.1) is 0 Å². The highest BCUT2D eigenvalue weighted by Gasteiger charge is 2.14. The Bertz CT molecular complexity index is 458. The van der Waals surface area contributed by atoms with Crippen LogP contribution in [0.5, 0.6) is 11.5 Å². The lowest BCUT2D eigenvalue weighted by atomic mass is 10.1. The summed E-state index contributed by atoms with van der Waals surface area (Å²) in [6, 6.07) is 4.21. The zero-order chi connectivity index (χ0) is 13.7. The fourth-order valence-corrected chi connectivity index (χ4v) is 1.27. The molecule has 0 saturated heterocycles. The molecule has 0 fully saturated rings. The van der Waals surface area contributed by atoms with Crippen LogP contribution in [0.4, 0.5) is 0 Å². The third kappa shape index (κ3) is 3.38. The topological polar surface area (TPSA) is 95.9 Å². The van der Waals surface area contributed by atoms with E-state index in [1.54, 1.807) is 0 Å². The molecule has 0 bridgehead atoms. The van der Waals surface area contributed by atoms with E-state index in [9.17, 15) is 14.7 Å². The van der Waals surface area contributed by atoms with Crippen LogP contribution < -0.4 is 10.1 Å². The highest BCUT2D eigenvalue weighted by atomic mass is 16.5. The number of methoxy groups -OCH3 is 1. The standard InChI is InChI=1S/C12H15NO5/c1-7(12(16)17)6-13-11(15)8-3-4-10(18-2)9(14)5-8/h3-5,7,14H,6H2,1-2H3,(H,13,15)(H,16,17). The van der Waals surface area contributed by atoms with Crippen LogP contribution in [0.3, 0.4) is 0 Å². The number of rotatable bonds is 5. The number of carboxylic acids is 1. The van der Waals surface area contributed by atoms with Gasteiger partial charge in [0.1, 0.15) is 0 Å². The normalized spacial score (nSPS) is 11.7.